The summed E-state index contributed by atoms with van der Waals surface area (Å²) in [5, 5.41) is 5.28. The highest BCUT2D eigenvalue weighted by Crippen LogP contribution is 2.09. The van der Waals surface area contributed by atoms with Crippen LogP contribution in [-0.4, -0.2) is 15.1 Å². The normalized spacial score (nSPS) is 13.2. The van der Waals surface area contributed by atoms with Crippen molar-refractivity contribution < 1.29 is 0 Å². The van der Waals surface area contributed by atoms with Crippen LogP contribution in [-0.2, 0) is 13.0 Å². The molecule has 0 N–H and O–H groups in total. The lowest BCUT2D eigenvalue weighted by Gasteiger charge is -2.03. The third kappa shape index (κ3) is 2.63. The molecule has 0 aromatic carbocycles. The van der Waals surface area contributed by atoms with Crippen LogP contribution >= 0.6 is 15.9 Å². The van der Waals surface area contributed by atoms with Gasteiger partial charge in [0.15, 0.2) is 0 Å². The Kier molecular flexibility index (Phi) is 3.79. The molecular formula is C9H15BrN2. The van der Waals surface area contributed by atoms with Gasteiger partial charge in [-0.2, -0.15) is 5.10 Å². The molecule has 68 valence electrons. The Labute approximate surface area is 82.1 Å². The second-order valence-corrected chi connectivity index (χ2v) is 3.82. The molecule has 0 amide bonds. The Balaban J connectivity index is 2.52. The van der Waals surface area contributed by atoms with E-state index in [0.29, 0.717) is 5.92 Å². The second kappa shape index (κ2) is 4.65. The van der Waals surface area contributed by atoms with Gasteiger partial charge in [-0.15, -0.1) is 0 Å². The highest BCUT2D eigenvalue weighted by atomic mass is 79.9. The van der Waals surface area contributed by atoms with Crippen LogP contribution in [0, 0.1) is 5.92 Å². The number of hydrogen-bond acceptors (Lipinski definition) is 1. The average molecular weight is 231 g/mol. The van der Waals surface area contributed by atoms with Gasteiger partial charge in [-0.25, -0.2) is 0 Å². The monoisotopic (exact) mass is 230 g/mol. The SMILES string of the molecule is CCn1cc(CC(C)CBr)cn1. The number of hydrogen-bond donors (Lipinski definition) is 0. The first-order valence-corrected chi connectivity index (χ1v) is 5.45. The average Bonchev–Trinajstić information content (AvgIpc) is 2.52. The fourth-order valence-electron chi connectivity index (χ4n) is 1.14. The Morgan fingerprint density at radius 3 is 2.92 bits per heavy atom. The quantitative estimate of drug-likeness (QED) is 0.728. The van der Waals surface area contributed by atoms with Crippen molar-refractivity contribution >= 4 is 15.9 Å². The minimum atomic E-state index is 0.694. The summed E-state index contributed by atoms with van der Waals surface area (Å²) in [6, 6.07) is 0. The molecule has 0 aliphatic carbocycles. The van der Waals surface area contributed by atoms with Crippen LogP contribution in [0.4, 0.5) is 0 Å². The predicted molar refractivity (Wildman–Crippen MR) is 54.6 cm³/mol. The van der Waals surface area contributed by atoms with Crippen molar-refractivity contribution in [3.05, 3.63) is 18.0 Å². The number of nitrogens with zero attached hydrogens (tertiary/aromatic N) is 2. The van der Waals surface area contributed by atoms with Gasteiger partial charge in [-0.1, -0.05) is 22.9 Å². The third-order valence-corrected chi connectivity index (χ3v) is 2.96. The maximum Gasteiger partial charge on any atom is 0.0521 e. The van der Waals surface area contributed by atoms with Crippen LogP contribution in [0.15, 0.2) is 12.4 Å². The van der Waals surface area contributed by atoms with Crippen molar-refractivity contribution in [1.29, 1.82) is 0 Å². The molecule has 0 spiro atoms. The van der Waals surface area contributed by atoms with Gasteiger partial charge in [0.1, 0.15) is 0 Å². The van der Waals surface area contributed by atoms with Gasteiger partial charge < -0.3 is 0 Å². The molecule has 3 heteroatoms. The molecule has 1 aromatic rings. The van der Waals surface area contributed by atoms with E-state index in [1.807, 2.05) is 10.9 Å². The first-order valence-electron chi connectivity index (χ1n) is 4.33. The van der Waals surface area contributed by atoms with Crippen LogP contribution in [0.25, 0.3) is 0 Å². The molecule has 0 saturated carbocycles. The Hall–Kier alpha value is -0.310. The van der Waals surface area contributed by atoms with Crippen molar-refractivity contribution in [2.24, 2.45) is 5.92 Å². The molecule has 1 rings (SSSR count). The summed E-state index contributed by atoms with van der Waals surface area (Å²) in [6.45, 7) is 5.30. The van der Waals surface area contributed by atoms with Crippen LogP contribution < -0.4 is 0 Å². The maximum atomic E-state index is 4.22. The van der Waals surface area contributed by atoms with Gasteiger partial charge in [0, 0.05) is 18.1 Å². The molecule has 1 aromatic heterocycles. The van der Waals surface area contributed by atoms with E-state index >= 15 is 0 Å². The molecule has 0 radical (unpaired) electrons. The highest BCUT2D eigenvalue weighted by Gasteiger charge is 2.03. The van der Waals surface area contributed by atoms with Gasteiger partial charge in [0.25, 0.3) is 0 Å². The summed E-state index contributed by atoms with van der Waals surface area (Å²) in [5.41, 5.74) is 1.34. The number of rotatable bonds is 4. The summed E-state index contributed by atoms with van der Waals surface area (Å²) in [4.78, 5) is 0. The fraction of sp³-hybridized carbons (Fsp3) is 0.667. The zero-order valence-corrected chi connectivity index (χ0v) is 9.21. The lowest BCUT2D eigenvalue weighted by atomic mass is 10.1. The summed E-state index contributed by atoms with van der Waals surface area (Å²) in [6.07, 6.45) is 5.20. The summed E-state index contributed by atoms with van der Waals surface area (Å²) in [5.74, 6) is 0.694. The topological polar surface area (TPSA) is 17.8 Å². The Morgan fingerprint density at radius 2 is 2.42 bits per heavy atom. The zero-order valence-electron chi connectivity index (χ0n) is 7.63. The van der Waals surface area contributed by atoms with E-state index in [4.69, 9.17) is 0 Å². The standard InChI is InChI=1S/C9H15BrN2/c1-3-12-7-9(6-11-12)4-8(2)5-10/h6-8H,3-5H2,1-2H3. The number of aryl methyl sites for hydroxylation is 1. The first kappa shape index (κ1) is 9.78. The van der Waals surface area contributed by atoms with E-state index in [0.717, 1.165) is 18.3 Å². The Bertz CT molecular complexity index is 232. The van der Waals surface area contributed by atoms with Gasteiger partial charge in [-0.05, 0) is 24.8 Å². The smallest absolute Gasteiger partial charge is 0.0521 e. The van der Waals surface area contributed by atoms with Gasteiger partial charge in [0.2, 0.25) is 0 Å². The molecular weight excluding hydrogens is 216 g/mol. The molecule has 12 heavy (non-hydrogen) atoms. The van der Waals surface area contributed by atoms with Crippen LogP contribution in [0.1, 0.15) is 19.4 Å². The molecule has 0 aliphatic rings. The van der Waals surface area contributed by atoms with E-state index in [2.05, 4.69) is 41.1 Å². The van der Waals surface area contributed by atoms with E-state index in [1.165, 1.54) is 5.56 Å². The van der Waals surface area contributed by atoms with Crippen LogP contribution in [0.3, 0.4) is 0 Å². The van der Waals surface area contributed by atoms with Crippen molar-refractivity contribution in [3.8, 4) is 0 Å². The fourth-order valence-corrected chi connectivity index (χ4v) is 1.37. The molecule has 0 bridgehead atoms. The number of alkyl halides is 1. The van der Waals surface area contributed by atoms with Gasteiger partial charge in [0.05, 0.1) is 6.20 Å². The highest BCUT2D eigenvalue weighted by molar-refractivity contribution is 9.09. The molecule has 1 heterocycles. The summed E-state index contributed by atoms with van der Waals surface area (Å²) in [7, 11) is 0. The van der Waals surface area contributed by atoms with Crippen LogP contribution in [0.2, 0.25) is 0 Å². The minimum Gasteiger partial charge on any atom is -0.273 e. The Morgan fingerprint density at radius 1 is 1.67 bits per heavy atom. The molecule has 1 atom stereocenters. The first-order chi connectivity index (χ1) is 5.76. The summed E-state index contributed by atoms with van der Waals surface area (Å²) < 4.78 is 1.97. The van der Waals surface area contributed by atoms with Crippen molar-refractivity contribution in [2.75, 3.05) is 5.33 Å². The van der Waals surface area contributed by atoms with E-state index in [9.17, 15) is 0 Å². The van der Waals surface area contributed by atoms with Crippen molar-refractivity contribution in [3.63, 3.8) is 0 Å². The van der Waals surface area contributed by atoms with E-state index in [1.54, 1.807) is 0 Å². The molecule has 0 saturated heterocycles. The van der Waals surface area contributed by atoms with Crippen molar-refractivity contribution in [2.45, 2.75) is 26.8 Å². The van der Waals surface area contributed by atoms with E-state index in [-0.39, 0.29) is 0 Å². The summed E-state index contributed by atoms with van der Waals surface area (Å²) >= 11 is 3.47. The zero-order chi connectivity index (χ0) is 8.97. The predicted octanol–water partition coefficient (Wildman–Crippen LogP) is 2.48. The molecule has 0 fully saturated rings. The second-order valence-electron chi connectivity index (χ2n) is 3.17. The van der Waals surface area contributed by atoms with Gasteiger partial charge >= 0.3 is 0 Å². The molecule has 1 unspecified atom stereocenters. The lowest BCUT2D eigenvalue weighted by Crippen LogP contribution is -1.99. The lowest BCUT2D eigenvalue weighted by molar-refractivity contribution is 0.649. The number of aromatic nitrogens is 2. The molecule has 2 nitrogen and oxygen atoms in total. The number of halogens is 1. The largest absolute Gasteiger partial charge is 0.273 e. The van der Waals surface area contributed by atoms with Crippen LogP contribution in [0.5, 0.6) is 0 Å². The minimum absolute atomic E-state index is 0.694. The van der Waals surface area contributed by atoms with Gasteiger partial charge in [-0.3, -0.25) is 4.68 Å². The van der Waals surface area contributed by atoms with Crippen molar-refractivity contribution in [1.82, 2.24) is 9.78 Å². The maximum absolute atomic E-state index is 4.22. The van der Waals surface area contributed by atoms with E-state index < -0.39 is 0 Å². The third-order valence-electron chi connectivity index (χ3n) is 1.86. The molecule has 0 aliphatic heterocycles.